The number of hydrogen-bond donors (Lipinski definition) is 2. The molecular formula is C20H20BCl2N5O2S2. The molecule has 0 unspecified atom stereocenters. The van der Waals surface area contributed by atoms with Gasteiger partial charge in [-0.25, -0.2) is 18.1 Å². The van der Waals surface area contributed by atoms with Gasteiger partial charge in [-0.05, 0) is 36.5 Å². The lowest BCUT2D eigenvalue weighted by atomic mass is 10.0. The number of unbranched alkanes of at least 4 members (excludes halogenated alkanes) is 1. The first-order valence-electron chi connectivity index (χ1n) is 9.94. The smallest absolute Gasteiger partial charge is 0.250 e. The van der Waals surface area contributed by atoms with E-state index in [1.165, 1.54) is 6.07 Å². The first kappa shape index (κ1) is 23.1. The average molecular weight is 508 g/mol. The van der Waals surface area contributed by atoms with Gasteiger partial charge in [-0.3, -0.25) is 0 Å². The monoisotopic (exact) mass is 507 g/mol. The molecule has 4 rings (SSSR count). The van der Waals surface area contributed by atoms with Crippen molar-refractivity contribution in [2.24, 2.45) is 0 Å². The predicted molar refractivity (Wildman–Crippen MR) is 134 cm³/mol. The molecule has 0 spiro atoms. The second kappa shape index (κ2) is 9.80. The van der Waals surface area contributed by atoms with E-state index in [1.54, 1.807) is 16.8 Å². The summed E-state index contributed by atoms with van der Waals surface area (Å²) in [5, 5.41) is 8.44. The van der Waals surface area contributed by atoms with Crippen molar-refractivity contribution in [2.45, 2.75) is 17.1 Å². The molecule has 0 bridgehead atoms. The Morgan fingerprint density at radius 2 is 1.88 bits per heavy atom. The molecule has 2 N–H and O–H groups in total. The van der Waals surface area contributed by atoms with Gasteiger partial charge in [0.05, 0.1) is 10.0 Å². The molecular weight excluding hydrogens is 488 g/mol. The average Bonchev–Trinajstić information content (AvgIpc) is 3.37. The zero-order chi connectivity index (χ0) is 22.7. The van der Waals surface area contributed by atoms with Gasteiger partial charge in [0.25, 0.3) is 0 Å². The minimum absolute atomic E-state index is 0.223. The number of nitrogens with zero attached hydrogens (tertiary/aromatic N) is 3. The summed E-state index contributed by atoms with van der Waals surface area (Å²) in [5.41, 5.74) is 3.33. The fourth-order valence-electron chi connectivity index (χ4n) is 3.19. The van der Waals surface area contributed by atoms with Crippen LogP contribution in [-0.4, -0.2) is 44.0 Å². The number of rotatable bonds is 9. The number of nitrogens with one attached hydrogen (secondary N) is 2. The zero-order valence-corrected chi connectivity index (χ0v) is 20.3. The van der Waals surface area contributed by atoms with Crippen LogP contribution < -0.4 is 15.5 Å². The van der Waals surface area contributed by atoms with Gasteiger partial charge in [0.15, 0.2) is 5.65 Å². The molecule has 166 valence electrons. The van der Waals surface area contributed by atoms with Gasteiger partial charge >= 0.3 is 0 Å². The highest BCUT2D eigenvalue weighted by Crippen LogP contribution is 2.28. The summed E-state index contributed by atoms with van der Waals surface area (Å²) in [6.07, 6.45) is 3.21. The molecule has 0 aliphatic rings. The van der Waals surface area contributed by atoms with Crippen molar-refractivity contribution >= 4 is 69.3 Å². The van der Waals surface area contributed by atoms with Crippen LogP contribution in [0.2, 0.25) is 9.36 Å². The van der Waals surface area contributed by atoms with Gasteiger partial charge in [-0.2, -0.15) is 9.61 Å². The largest absolute Gasteiger partial charge is 0.370 e. The summed E-state index contributed by atoms with van der Waals surface area (Å²) in [6.45, 7) is 0.990. The predicted octanol–water partition coefficient (Wildman–Crippen LogP) is 3.19. The molecule has 4 aromatic rings. The van der Waals surface area contributed by atoms with Gasteiger partial charge in [0, 0.05) is 35.9 Å². The van der Waals surface area contributed by atoms with E-state index in [9.17, 15) is 8.42 Å². The maximum absolute atomic E-state index is 12.2. The maximum atomic E-state index is 12.2. The van der Waals surface area contributed by atoms with E-state index in [0.29, 0.717) is 28.9 Å². The third kappa shape index (κ3) is 5.10. The second-order valence-corrected chi connectivity index (χ2v) is 11.3. The molecule has 0 aliphatic carbocycles. The van der Waals surface area contributed by atoms with E-state index in [-0.39, 0.29) is 4.21 Å². The van der Waals surface area contributed by atoms with Crippen molar-refractivity contribution in [3.8, 4) is 11.3 Å². The number of fused-ring (bicyclic) bond motifs is 1. The first-order chi connectivity index (χ1) is 15.3. The van der Waals surface area contributed by atoms with Crippen molar-refractivity contribution in [3.05, 3.63) is 58.0 Å². The van der Waals surface area contributed by atoms with Crippen LogP contribution in [0.25, 0.3) is 16.9 Å². The summed E-state index contributed by atoms with van der Waals surface area (Å²) in [5.74, 6) is 0.798. The molecule has 12 heteroatoms. The lowest BCUT2D eigenvalue weighted by Crippen LogP contribution is -2.24. The zero-order valence-electron chi connectivity index (χ0n) is 17.2. The molecule has 0 atom stereocenters. The summed E-state index contributed by atoms with van der Waals surface area (Å²) >= 11 is 13.2. The highest BCUT2D eigenvalue weighted by atomic mass is 35.5. The first-order valence-corrected chi connectivity index (χ1v) is 13.0. The van der Waals surface area contributed by atoms with E-state index in [4.69, 9.17) is 28.2 Å². The number of sulfonamides is 1. The number of hydrogen-bond acceptors (Lipinski definition) is 6. The fraction of sp³-hybridized carbons (Fsp3) is 0.200. The minimum atomic E-state index is -3.52. The Hall–Kier alpha value is -2.11. The molecule has 0 fully saturated rings. The Morgan fingerprint density at radius 3 is 2.62 bits per heavy atom. The lowest BCUT2D eigenvalue weighted by Gasteiger charge is -2.12. The molecule has 0 saturated heterocycles. The van der Waals surface area contributed by atoms with Crippen LogP contribution in [0.4, 0.5) is 5.82 Å². The fourth-order valence-corrected chi connectivity index (χ4v) is 6.03. The van der Waals surface area contributed by atoms with Gasteiger partial charge in [0.2, 0.25) is 10.0 Å². The summed E-state index contributed by atoms with van der Waals surface area (Å²) in [4.78, 5) is 4.73. The SMILES string of the molecule is Bc1cnn2c(NCCCCNS(=O)(=O)c3ccc(Cl)s3)cc(-c3ccccc3Cl)nc12. The van der Waals surface area contributed by atoms with Crippen molar-refractivity contribution in [1.29, 1.82) is 0 Å². The van der Waals surface area contributed by atoms with Crippen LogP contribution in [0.1, 0.15) is 12.8 Å². The van der Waals surface area contributed by atoms with Crippen LogP contribution in [0, 0.1) is 0 Å². The molecule has 0 amide bonds. The molecule has 7 nitrogen and oxygen atoms in total. The normalized spacial score (nSPS) is 11.8. The maximum Gasteiger partial charge on any atom is 0.250 e. The van der Waals surface area contributed by atoms with Crippen molar-refractivity contribution in [2.75, 3.05) is 18.4 Å². The Morgan fingerprint density at radius 1 is 1.09 bits per heavy atom. The third-order valence-corrected chi connectivity index (χ3v) is 8.33. The number of aromatic nitrogens is 3. The third-order valence-electron chi connectivity index (χ3n) is 4.81. The minimum Gasteiger partial charge on any atom is -0.370 e. The molecule has 3 heterocycles. The molecule has 32 heavy (non-hydrogen) atoms. The second-order valence-electron chi connectivity index (χ2n) is 7.16. The standard InChI is InChI=1S/C20H20BCl2N5O2S2/c21-14-12-25-28-18(11-16(27-20(14)28)13-5-1-2-6-15(13)22)24-9-3-4-10-26-32(29,30)19-8-7-17(23)31-19/h1-2,5-8,11-12,24,26H,3-4,9-10,21H2. The Kier molecular flexibility index (Phi) is 7.07. The number of thiophene rings is 1. The van der Waals surface area contributed by atoms with Crippen LogP contribution in [0.5, 0.6) is 0 Å². The van der Waals surface area contributed by atoms with Crippen LogP contribution >= 0.6 is 34.5 Å². The highest BCUT2D eigenvalue weighted by molar-refractivity contribution is 7.91. The number of anilines is 1. The van der Waals surface area contributed by atoms with E-state index < -0.39 is 10.0 Å². The Balaban J connectivity index is 1.40. The summed E-state index contributed by atoms with van der Waals surface area (Å²) < 4.78 is 29.5. The van der Waals surface area contributed by atoms with Crippen LogP contribution in [0.15, 0.2) is 52.9 Å². The molecule has 1 aromatic carbocycles. The summed E-state index contributed by atoms with van der Waals surface area (Å²) in [6, 6.07) is 12.6. The molecule has 0 saturated carbocycles. The Bertz CT molecular complexity index is 1360. The quantitative estimate of drug-likeness (QED) is 0.268. The van der Waals surface area contributed by atoms with Crippen LogP contribution in [0.3, 0.4) is 0 Å². The van der Waals surface area contributed by atoms with E-state index >= 15 is 0 Å². The van der Waals surface area contributed by atoms with E-state index in [0.717, 1.165) is 45.9 Å². The Labute approximate surface area is 201 Å². The van der Waals surface area contributed by atoms with Gasteiger partial charge < -0.3 is 5.32 Å². The lowest BCUT2D eigenvalue weighted by molar-refractivity contribution is 0.579. The van der Waals surface area contributed by atoms with Crippen molar-refractivity contribution < 1.29 is 8.42 Å². The van der Waals surface area contributed by atoms with E-state index in [2.05, 4.69) is 15.1 Å². The van der Waals surface area contributed by atoms with Gasteiger partial charge in [-0.1, -0.05) is 41.4 Å². The van der Waals surface area contributed by atoms with Gasteiger partial charge in [0.1, 0.15) is 17.9 Å². The van der Waals surface area contributed by atoms with Gasteiger partial charge in [-0.15, -0.1) is 11.3 Å². The molecule has 3 aromatic heterocycles. The van der Waals surface area contributed by atoms with Crippen molar-refractivity contribution in [1.82, 2.24) is 19.3 Å². The highest BCUT2D eigenvalue weighted by Gasteiger charge is 2.16. The topological polar surface area (TPSA) is 88.4 Å². The summed E-state index contributed by atoms with van der Waals surface area (Å²) in [7, 11) is -1.56. The molecule has 0 aliphatic heterocycles. The van der Waals surface area contributed by atoms with E-state index in [1.807, 2.05) is 38.2 Å². The molecule has 0 radical (unpaired) electrons. The number of benzene rings is 1. The van der Waals surface area contributed by atoms with Crippen LogP contribution in [-0.2, 0) is 10.0 Å². The van der Waals surface area contributed by atoms with Crippen molar-refractivity contribution in [3.63, 3.8) is 0 Å². The number of halogens is 2.